The second-order valence-corrected chi connectivity index (χ2v) is 5.45. The van der Waals surface area contributed by atoms with Gasteiger partial charge in [0, 0.05) is 30.5 Å². The number of aromatic hydroxyl groups is 1. The van der Waals surface area contributed by atoms with Gasteiger partial charge >= 0.3 is 0 Å². The quantitative estimate of drug-likeness (QED) is 0.938. The van der Waals surface area contributed by atoms with E-state index in [0.29, 0.717) is 12.1 Å². The van der Waals surface area contributed by atoms with Gasteiger partial charge in [-0.3, -0.25) is 9.78 Å². The first-order valence-electron chi connectivity index (χ1n) is 6.98. The van der Waals surface area contributed by atoms with Gasteiger partial charge in [-0.15, -0.1) is 0 Å². The van der Waals surface area contributed by atoms with E-state index in [9.17, 15) is 9.90 Å². The molecule has 0 aliphatic carbocycles. The van der Waals surface area contributed by atoms with E-state index >= 15 is 0 Å². The monoisotopic (exact) mass is 284 g/mol. The molecular formula is C17H20N2O2. The SMILES string of the molecule is Cc1cc(O)cc(C(=O)N(Cc2cccnc2)C(C)C)c1. The zero-order valence-electron chi connectivity index (χ0n) is 12.6. The first-order valence-corrected chi connectivity index (χ1v) is 6.98. The average Bonchev–Trinajstić information content (AvgIpc) is 2.44. The van der Waals surface area contributed by atoms with Crippen molar-refractivity contribution in [3.63, 3.8) is 0 Å². The number of pyridine rings is 1. The largest absolute Gasteiger partial charge is 0.508 e. The molecule has 0 bridgehead atoms. The lowest BCUT2D eigenvalue weighted by atomic mass is 10.1. The third-order valence-electron chi connectivity index (χ3n) is 3.27. The molecule has 1 N–H and O–H groups in total. The topological polar surface area (TPSA) is 53.4 Å². The van der Waals surface area contributed by atoms with Crippen LogP contribution in [0.1, 0.15) is 35.3 Å². The number of amides is 1. The minimum absolute atomic E-state index is 0.0559. The summed E-state index contributed by atoms with van der Waals surface area (Å²) in [5.74, 6) is 0.0243. The van der Waals surface area contributed by atoms with Crippen LogP contribution in [0.15, 0.2) is 42.7 Å². The molecule has 4 nitrogen and oxygen atoms in total. The first kappa shape index (κ1) is 15.0. The number of aryl methyl sites for hydroxylation is 1. The van der Waals surface area contributed by atoms with Crippen LogP contribution in [0.25, 0.3) is 0 Å². The molecule has 1 heterocycles. The molecule has 0 atom stereocenters. The maximum absolute atomic E-state index is 12.7. The highest BCUT2D eigenvalue weighted by Gasteiger charge is 2.19. The molecule has 0 radical (unpaired) electrons. The molecule has 1 aromatic carbocycles. The van der Waals surface area contributed by atoms with Gasteiger partial charge in [0.25, 0.3) is 5.91 Å². The number of benzene rings is 1. The number of hydrogen-bond acceptors (Lipinski definition) is 3. The van der Waals surface area contributed by atoms with Gasteiger partial charge in [-0.25, -0.2) is 0 Å². The third-order valence-corrected chi connectivity index (χ3v) is 3.27. The molecule has 1 aromatic heterocycles. The lowest BCUT2D eigenvalue weighted by molar-refractivity contribution is 0.0689. The predicted octanol–water partition coefficient (Wildman–Crippen LogP) is 3.15. The van der Waals surface area contributed by atoms with Gasteiger partial charge < -0.3 is 10.0 Å². The number of aromatic nitrogens is 1. The van der Waals surface area contributed by atoms with Crippen LogP contribution in [0.2, 0.25) is 0 Å². The van der Waals surface area contributed by atoms with E-state index in [2.05, 4.69) is 4.98 Å². The smallest absolute Gasteiger partial charge is 0.254 e. The van der Waals surface area contributed by atoms with Crippen LogP contribution in [-0.2, 0) is 6.54 Å². The summed E-state index contributed by atoms with van der Waals surface area (Å²) in [7, 11) is 0. The summed E-state index contributed by atoms with van der Waals surface area (Å²) in [6.07, 6.45) is 3.47. The zero-order valence-corrected chi connectivity index (χ0v) is 12.6. The molecule has 2 rings (SSSR count). The zero-order chi connectivity index (χ0) is 15.4. The molecule has 21 heavy (non-hydrogen) atoms. The van der Waals surface area contributed by atoms with Crippen molar-refractivity contribution in [2.45, 2.75) is 33.4 Å². The van der Waals surface area contributed by atoms with E-state index in [4.69, 9.17) is 0 Å². The molecule has 0 saturated carbocycles. The molecular weight excluding hydrogens is 264 g/mol. The molecule has 2 aromatic rings. The Morgan fingerprint density at radius 1 is 1.33 bits per heavy atom. The molecule has 0 saturated heterocycles. The lowest BCUT2D eigenvalue weighted by Gasteiger charge is -2.27. The van der Waals surface area contributed by atoms with E-state index in [1.165, 1.54) is 6.07 Å². The number of rotatable bonds is 4. The normalized spacial score (nSPS) is 10.7. The maximum atomic E-state index is 12.7. The second-order valence-electron chi connectivity index (χ2n) is 5.45. The predicted molar refractivity (Wildman–Crippen MR) is 82.1 cm³/mol. The van der Waals surface area contributed by atoms with Crippen molar-refractivity contribution >= 4 is 5.91 Å². The number of phenolic OH excluding ortho intramolecular Hbond substituents is 1. The standard InChI is InChI=1S/C17H20N2O2/c1-12(2)19(11-14-5-4-6-18-10-14)17(21)15-7-13(3)8-16(20)9-15/h4-10,12,20H,11H2,1-3H3. The van der Waals surface area contributed by atoms with Crippen LogP contribution in [0.5, 0.6) is 5.75 Å². The molecule has 110 valence electrons. The van der Waals surface area contributed by atoms with Gasteiger partial charge in [-0.05, 0) is 56.2 Å². The summed E-state index contributed by atoms with van der Waals surface area (Å²) >= 11 is 0. The first-order chi connectivity index (χ1) is 9.97. The van der Waals surface area contributed by atoms with Crippen LogP contribution in [0.3, 0.4) is 0 Å². The fraction of sp³-hybridized carbons (Fsp3) is 0.294. The molecule has 0 fully saturated rings. The number of phenols is 1. The van der Waals surface area contributed by atoms with Crippen molar-refractivity contribution in [1.82, 2.24) is 9.88 Å². The minimum Gasteiger partial charge on any atom is -0.508 e. The number of hydrogen-bond donors (Lipinski definition) is 1. The Bertz CT molecular complexity index is 604. The Kier molecular flexibility index (Phi) is 4.58. The van der Waals surface area contributed by atoms with Crippen molar-refractivity contribution < 1.29 is 9.90 Å². The van der Waals surface area contributed by atoms with E-state index in [1.54, 1.807) is 29.4 Å². The van der Waals surface area contributed by atoms with Crippen LogP contribution >= 0.6 is 0 Å². The highest BCUT2D eigenvalue weighted by molar-refractivity contribution is 5.95. The number of nitrogens with zero attached hydrogens (tertiary/aromatic N) is 2. The average molecular weight is 284 g/mol. The van der Waals surface area contributed by atoms with E-state index in [-0.39, 0.29) is 17.7 Å². The summed E-state index contributed by atoms with van der Waals surface area (Å²) in [5.41, 5.74) is 2.35. The van der Waals surface area contributed by atoms with Gasteiger partial charge in [0.15, 0.2) is 0 Å². The highest BCUT2D eigenvalue weighted by Crippen LogP contribution is 2.19. The third kappa shape index (κ3) is 3.81. The van der Waals surface area contributed by atoms with Crippen molar-refractivity contribution in [2.24, 2.45) is 0 Å². The summed E-state index contributed by atoms with van der Waals surface area (Å²) in [6.45, 7) is 6.31. The summed E-state index contributed by atoms with van der Waals surface area (Å²) < 4.78 is 0. The Morgan fingerprint density at radius 2 is 2.10 bits per heavy atom. The number of carbonyl (C=O) groups excluding carboxylic acids is 1. The van der Waals surface area contributed by atoms with Crippen LogP contribution < -0.4 is 0 Å². The van der Waals surface area contributed by atoms with E-state index < -0.39 is 0 Å². The van der Waals surface area contributed by atoms with Crippen molar-refractivity contribution in [2.75, 3.05) is 0 Å². The maximum Gasteiger partial charge on any atom is 0.254 e. The minimum atomic E-state index is -0.0900. The molecule has 0 aliphatic heterocycles. The van der Waals surface area contributed by atoms with Crippen molar-refractivity contribution in [1.29, 1.82) is 0 Å². The van der Waals surface area contributed by atoms with Gasteiger partial charge in [-0.1, -0.05) is 6.07 Å². The highest BCUT2D eigenvalue weighted by atomic mass is 16.3. The summed E-state index contributed by atoms with van der Waals surface area (Å²) in [6, 6.07) is 8.80. The Morgan fingerprint density at radius 3 is 2.67 bits per heavy atom. The van der Waals surface area contributed by atoms with Gasteiger partial charge in [-0.2, -0.15) is 0 Å². The van der Waals surface area contributed by atoms with Gasteiger partial charge in [0.05, 0.1) is 0 Å². The van der Waals surface area contributed by atoms with Gasteiger partial charge in [0.1, 0.15) is 5.75 Å². The second kappa shape index (κ2) is 6.39. The van der Waals surface area contributed by atoms with E-state index in [0.717, 1.165) is 11.1 Å². The molecule has 0 unspecified atom stereocenters. The lowest BCUT2D eigenvalue weighted by Crippen LogP contribution is -2.36. The fourth-order valence-electron chi connectivity index (χ4n) is 2.23. The van der Waals surface area contributed by atoms with Crippen LogP contribution in [0.4, 0.5) is 0 Å². The van der Waals surface area contributed by atoms with Crippen LogP contribution in [0, 0.1) is 6.92 Å². The molecule has 4 heteroatoms. The van der Waals surface area contributed by atoms with Crippen molar-refractivity contribution in [3.05, 3.63) is 59.4 Å². The molecule has 0 aliphatic rings. The Balaban J connectivity index is 2.27. The fourth-order valence-corrected chi connectivity index (χ4v) is 2.23. The van der Waals surface area contributed by atoms with Gasteiger partial charge in [0.2, 0.25) is 0 Å². The van der Waals surface area contributed by atoms with Crippen molar-refractivity contribution in [3.8, 4) is 5.75 Å². The summed E-state index contributed by atoms with van der Waals surface area (Å²) in [5, 5.41) is 9.67. The Labute approximate surface area is 125 Å². The summed E-state index contributed by atoms with van der Waals surface area (Å²) in [4.78, 5) is 18.5. The van der Waals surface area contributed by atoms with E-state index in [1.807, 2.05) is 32.9 Å². The molecule has 0 spiro atoms. The van der Waals surface area contributed by atoms with Crippen LogP contribution in [-0.4, -0.2) is 26.9 Å². The number of carbonyl (C=O) groups is 1. The molecule has 1 amide bonds. The Hall–Kier alpha value is -2.36.